The Bertz CT molecular complexity index is 143. The highest BCUT2D eigenvalue weighted by Gasteiger charge is 2.11. The van der Waals surface area contributed by atoms with Gasteiger partial charge >= 0.3 is 0 Å². The predicted octanol–water partition coefficient (Wildman–Crippen LogP) is -0.797. The summed E-state index contributed by atoms with van der Waals surface area (Å²) in [6.45, 7) is 3.09. The van der Waals surface area contributed by atoms with Gasteiger partial charge in [0.1, 0.15) is 0 Å². The van der Waals surface area contributed by atoms with Crippen LogP contribution in [0.15, 0.2) is 0 Å². The van der Waals surface area contributed by atoms with Gasteiger partial charge in [0.2, 0.25) is 5.91 Å². The molecule has 0 aliphatic carbocycles. The van der Waals surface area contributed by atoms with Crippen LogP contribution >= 0.6 is 0 Å². The van der Waals surface area contributed by atoms with E-state index < -0.39 is 0 Å². The lowest BCUT2D eigenvalue weighted by atomic mass is 10.1. The van der Waals surface area contributed by atoms with Gasteiger partial charge < -0.3 is 16.4 Å². The largest absolute Gasteiger partial charge is 0.370 e. The number of piperazine rings is 1. The molecular formula is C8H17N3O. The maximum Gasteiger partial charge on any atom is 0.217 e. The molecule has 1 rings (SSSR count). The van der Waals surface area contributed by atoms with Gasteiger partial charge in [-0.1, -0.05) is 0 Å². The molecule has 12 heavy (non-hydrogen) atoms. The van der Waals surface area contributed by atoms with E-state index in [0.29, 0.717) is 12.5 Å². The van der Waals surface area contributed by atoms with E-state index in [-0.39, 0.29) is 5.91 Å². The molecule has 0 radical (unpaired) electrons. The van der Waals surface area contributed by atoms with E-state index in [2.05, 4.69) is 10.6 Å². The number of carbonyl (C=O) groups excluding carboxylic acids is 1. The highest BCUT2D eigenvalue weighted by molar-refractivity contribution is 5.73. The van der Waals surface area contributed by atoms with Crippen molar-refractivity contribution in [3.05, 3.63) is 0 Å². The second-order valence-corrected chi connectivity index (χ2v) is 3.21. The Morgan fingerprint density at radius 1 is 1.50 bits per heavy atom. The Hall–Kier alpha value is -0.610. The second-order valence-electron chi connectivity index (χ2n) is 3.21. The Morgan fingerprint density at radius 3 is 2.92 bits per heavy atom. The van der Waals surface area contributed by atoms with Gasteiger partial charge in [0, 0.05) is 32.1 Å². The zero-order chi connectivity index (χ0) is 8.81. The Kier molecular flexibility index (Phi) is 4.04. The molecule has 1 aliphatic rings. The zero-order valence-corrected chi connectivity index (χ0v) is 7.31. The molecule has 1 heterocycles. The normalized spacial score (nSPS) is 23.8. The number of hydrogen-bond acceptors (Lipinski definition) is 3. The fourth-order valence-corrected chi connectivity index (χ4v) is 1.44. The summed E-state index contributed by atoms with van der Waals surface area (Å²) in [4.78, 5) is 10.4. The molecule has 0 aromatic rings. The molecule has 4 N–H and O–H groups in total. The summed E-state index contributed by atoms with van der Waals surface area (Å²) in [7, 11) is 0. The van der Waals surface area contributed by atoms with E-state index in [9.17, 15) is 4.79 Å². The molecule has 0 saturated carbocycles. The molecule has 0 aromatic heterocycles. The smallest absolute Gasteiger partial charge is 0.217 e. The van der Waals surface area contributed by atoms with E-state index >= 15 is 0 Å². The van der Waals surface area contributed by atoms with Gasteiger partial charge in [-0.3, -0.25) is 4.79 Å². The van der Waals surface area contributed by atoms with E-state index in [0.717, 1.165) is 32.5 Å². The Morgan fingerprint density at radius 2 is 2.33 bits per heavy atom. The van der Waals surface area contributed by atoms with Crippen molar-refractivity contribution < 1.29 is 4.79 Å². The van der Waals surface area contributed by atoms with Crippen molar-refractivity contribution in [1.82, 2.24) is 10.6 Å². The lowest BCUT2D eigenvalue weighted by molar-refractivity contribution is -0.118. The van der Waals surface area contributed by atoms with Crippen LogP contribution in [0.1, 0.15) is 19.3 Å². The molecule has 1 amide bonds. The summed E-state index contributed by atoms with van der Waals surface area (Å²) in [5.74, 6) is -0.196. The minimum absolute atomic E-state index is 0.196. The molecule has 0 bridgehead atoms. The zero-order valence-electron chi connectivity index (χ0n) is 7.31. The summed E-state index contributed by atoms with van der Waals surface area (Å²) >= 11 is 0. The summed E-state index contributed by atoms with van der Waals surface area (Å²) in [5.41, 5.74) is 5.03. The number of amides is 1. The number of nitrogens with two attached hydrogens (primary N) is 1. The Balaban J connectivity index is 2.01. The van der Waals surface area contributed by atoms with Gasteiger partial charge in [-0.2, -0.15) is 0 Å². The average Bonchev–Trinajstić information content (AvgIpc) is 2.05. The molecule has 1 saturated heterocycles. The van der Waals surface area contributed by atoms with Crippen LogP contribution in [-0.4, -0.2) is 31.6 Å². The van der Waals surface area contributed by atoms with E-state index in [4.69, 9.17) is 5.73 Å². The maximum atomic E-state index is 10.4. The van der Waals surface area contributed by atoms with Gasteiger partial charge in [0.05, 0.1) is 0 Å². The van der Waals surface area contributed by atoms with Crippen LogP contribution in [0.3, 0.4) is 0 Å². The lowest BCUT2D eigenvalue weighted by Crippen LogP contribution is -2.48. The summed E-state index contributed by atoms with van der Waals surface area (Å²) in [6.07, 6.45) is 2.45. The van der Waals surface area contributed by atoms with Crippen LogP contribution in [0.5, 0.6) is 0 Å². The fourth-order valence-electron chi connectivity index (χ4n) is 1.44. The first kappa shape index (κ1) is 9.48. The van der Waals surface area contributed by atoms with Crippen molar-refractivity contribution in [2.45, 2.75) is 25.3 Å². The summed E-state index contributed by atoms with van der Waals surface area (Å²) in [6, 6.07) is 0.526. The van der Waals surface area contributed by atoms with Crippen LogP contribution in [0.4, 0.5) is 0 Å². The quantitative estimate of drug-likeness (QED) is 0.519. The van der Waals surface area contributed by atoms with Gasteiger partial charge in [-0.25, -0.2) is 0 Å². The van der Waals surface area contributed by atoms with E-state index in [1.807, 2.05) is 0 Å². The van der Waals surface area contributed by atoms with Crippen molar-refractivity contribution >= 4 is 5.91 Å². The van der Waals surface area contributed by atoms with Gasteiger partial charge in [-0.05, 0) is 12.8 Å². The molecule has 70 valence electrons. The SMILES string of the molecule is NC(=O)CCCC1CNCCN1. The first-order valence-electron chi connectivity index (χ1n) is 4.51. The molecular weight excluding hydrogens is 154 g/mol. The molecule has 4 heteroatoms. The molecule has 4 nitrogen and oxygen atoms in total. The van der Waals surface area contributed by atoms with Gasteiger partial charge in [-0.15, -0.1) is 0 Å². The molecule has 0 spiro atoms. The summed E-state index contributed by atoms with van der Waals surface area (Å²) < 4.78 is 0. The van der Waals surface area contributed by atoms with Crippen LogP contribution in [0.25, 0.3) is 0 Å². The van der Waals surface area contributed by atoms with Crippen LogP contribution in [0.2, 0.25) is 0 Å². The van der Waals surface area contributed by atoms with Crippen molar-refractivity contribution in [2.24, 2.45) is 5.73 Å². The lowest BCUT2D eigenvalue weighted by Gasteiger charge is -2.24. The fraction of sp³-hybridized carbons (Fsp3) is 0.875. The number of carbonyl (C=O) groups is 1. The number of nitrogens with one attached hydrogen (secondary N) is 2. The molecule has 1 fully saturated rings. The first-order valence-corrected chi connectivity index (χ1v) is 4.51. The minimum atomic E-state index is -0.196. The highest BCUT2D eigenvalue weighted by Crippen LogP contribution is 2.01. The minimum Gasteiger partial charge on any atom is -0.370 e. The topological polar surface area (TPSA) is 67.2 Å². The van der Waals surface area contributed by atoms with Crippen LogP contribution < -0.4 is 16.4 Å². The number of rotatable bonds is 4. The third-order valence-corrected chi connectivity index (χ3v) is 2.10. The Labute approximate surface area is 72.9 Å². The first-order chi connectivity index (χ1) is 5.79. The molecule has 1 atom stereocenters. The maximum absolute atomic E-state index is 10.4. The van der Waals surface area contributed by atoms with Crippen LogP contribution in [-0.2, 0) is 4.79 Å². The van der Waals surface area contributed by atoms with Crippen LogP contribution in [0, 0.1) is 0 Å². The third-order valence-electron chi connectivity index (χ3n) is 2.10. The van der Waals surface area contributed by atoms with E-state index in [1.165, 1.54) is 0 Å². The monoisotopic (exact) mass is 171 g/mol. The van der Waals surface area contributed by atoms with Gasteiger partial charge in [0.25, 0.3) is 0 Å². The molecule has 1 aliphatic heterocycles. The van der Waals surface area contributed by atoms with Crippen molar-refractivity contribution in [1.29, 1.82) is 0 Å². The van der Waals surface area contributed by atoms with E-state index in [1.54, 1.807) is 0 Å². The van der Waals surface area contributed by atoms with Crippen molar-refractivity contribution in [2.75, 3.05) is 19.6 Å². The highest BCUT2D eigenvalue weighted by atomic mass is 16.1. The third kappa shape index (κ3) is 3.69. The number of hydrogen-bond donors (Lipinski definition) is 3. The molecule has 0 aromatic carbocycles. The number of primary amides is 1. The van der Waals surface area contributed by atoms with Crippen molar-refractivity contribution in [3.63, 3.8) is 0 Å². The van der Waals surface area contributed by atoms with Gasteiger partial charge in [0.15, 0.2) is 0 Å². The van der Waals surface area contributed by atoms with Crippen molar-refractivity contribution in [3.8, 4) is 0 Å². The predicted molar refractivity (Wildman–Crippen MR) is 47.7 cm³/mol. The standard InChI is InChI=1S/C8H17N3O/c9-8(12)3-1-2-7-6-10-4-5-11-7/h7,10-11H,1-6H2,(H2,9,12). The molecule has 1 unspecified atom stereocenters. The summed E-state index contributed by atoms with van der Waals surface area (Å²) in [5, 5.41) is 6.67. The second kappa shape index (κ2) is 5.11. The average molecular weight is 171 g/mol.